The van der Waals surface area contributed by atoms with Gasteiger partial charge in [-0.15, -0.1) is 0 Å². The molecule has 1 rings (SSSR count). The van der Waals surface area contributed by atoms with E-state index in [1.54, 1.807) is 6.20 Å². The molecule has 0 radical (unpaired) electrons. The Labute approximate surface area is 157 Å². The summed E-state index contributed by atoms with van der Waals surface area (Å²) in [6.45, 7) is 2.04. The van der Waals surface area contributed by atoms with Crippen molar-refractivity contribution in [2.24, 2.45) is 0 Å². The topological polar surface area (TPSA) is 88.5 Å². The molecule has 132 valence electrons. The van der Waals surface area contributed by atoms with Crippen LogP contribution in [0.4, 0.5) is 0 Å². The summed E-state index contributed by atoms with van der Waals surface area (Å²) in [4.78, 5) is 4.18. The molecule has 0 spiro atoms. The van der Waals surface area contributed by atoms with Gasteiger partial charge >= 0.3 is 9.15 Å². The summed E-state index contributed by atoms with van der Waals surface area (Å²) < 4.78 is 36.8. The van der Waals surface area contributed by atoms with Crippen molar-refractivity contribution in [1.29, 1.82) is 0 Å². The molecule has 0 aliphatic rings. The van der Waals surface area contributed by atoms with Gasteiger partial charge in [-0.2, -0.15) is 8.42 Å². The third kappa shape index (κ3) is 11.3. The van der Waals surface area contributed by atoms with Gasteiger partial charge in [0.15, 0.2) is 0 Å². The second kappa shape index (κ2) is 11.6. The normalized spacial score (nSPS) is 11.6. The molecule has 1 aromatic heterocycles. The highest BCUT2D eigenvalue weighted by Crippen LogP contribution is 2.25. The Balaban J connectivity index is 1.94. The summed E-state index contributed by atoms with van der Waals surface area (Å²) >= 11 is 6.74. The number of halogens is 2. The highest BCUT2D eigenvalue weighted by atomic mass is 79.9. The van der Waals surface area contributed by atoms with E-state index in [0.717, 1.165) is 41.2 Å². The van der Waals surface area contributed by atoms with E-state index < -0.39 is 9.15 Å². The Morgan fingerprint density at radius 2 is 1.96 bits per heavy atom. The maximum Gasteiger partial charge on any atom is 0.319 e. The number of hydrogen-bond donors (Lipinski definition) is 2. The zero-order valence-corrected chi connectivity index (χ0v) is 17.3. The first-order valence-corrected chi connectivity index (χ1v) is 11.7. The minimum absolute atomic E-state index is 0.349. The van der Waals surface area contributed by atoms with Crippen LogP contribution in [0.1, 0.15) is 25.7 Å². The second-order valence-corrected chi connectivity index (χ2v) is 9.94. The van der Waals surface area contributed by atoms with Crippen molar-refractivity contribution in [3.63, 3.8) is 0 Å². The molecule has 1 aromatic rings. The predicted octanol–water partition coefficient (Wildman–Crippen LogP) is 3.67. The fraction of sp³-hybridized carbons (Fsp3) is 0.615. The van der Waals surface area contributed by atoms with Gasteiger partial charge in [0.2, 0.25) is 5.88 Å². The van der Waals surface area contributed by atoms with Crippen molar-refractivity contribution in [1.82, 2.24) is 10.3 Å². The zero-order valence-electron chi connectivity index (χ0n) is 12.5. The molecular formula is C13H20Br2N2O4S2. The molecule has 0 aromatic carbocycles. The molecule has 0 fully saturated rings. The number of nitrogens with zero attached hydrogens (tertiary/aromatic N) is 1. The molecule has 0 saturated heterocycles. The number of hydrogen-bond acceptors (Lipinski definition) is 6. The lowest BCUT2D eigenvalue weighted by Gasteiger charge is -2.07. The summed E-state index contributed by atoms with van der Waals surface area (Å²) in [6, 6.07) is 1.90. The van der Waals surface area contributed by atoms with Gasteiger partial charge < -0.3 is 10.1 Å². The molecule has 0 aliphatic carbocycles. The molecule has 6 nitrogen and oxygen atoms in total. The largest absolute Gasteiger partial charge is 0.477 e. The van der Waals surface area contributed by atoms with Crippen LogP contribution in [0.25, 0.3) is 0 Å². The fourth-order valence-corrected chi connectivity index (χ4v) is 4.15. The number of pyridine rings is 1. The van der Waals surface area contributed by atoms with Crippen LogP contribution < -0.4 is 10.1 Å². The fourth-order valence-electron chi connectivity index (χ4n) is 1.73. The zero-order chi connectivity index (χ0) is 17.1. The molecular weight excluding hydrogens is 472 g/mol. The van der Waals surface area contributed by atoms with E-state index in [0.29, 0.717) is 35.6 Å². The van der Waals surface area contributed by atoms with Crippen LogP contribution in [-0.4, -0.2) is 43.4 Å². The molecule has 0 unspecified atom stereocenters. The van der Waals surface area contributed by atoms with Crippen molar-refractivity contribution in [2.75, 3.05) is 25.4 Å². The minimum Gasteiger partial charge on any atom is -0.477 e. The summed E-state index contributed by atoms with van der Waals surface area (Å²) in [5, 5.41) is 3.14. The van der Waals surface area contributed by atoms with Crippen LogP contribution in [-0.2, 0) is 9.15 Å². The highest BCUT2D eigenvalue weighted by Gasteiger charge is 2.04. The molecule has 0 bridgehead atoms. The minimum atomic E-state index is -3.91. The summed E-state index contributed by atoms with van der Waals surface area (Å²) in [7, 11) is -3.36. The van der Waals surface area contributed by atoms with Crippen molar-refractivity contribution in [2.45, 2.75) is 25.7 Å². The van der Waals surface area contributed by atoms with E-state index in [1.165, 1.54) is 0 Å². The molecule has 0 saturated carbocycles. The maximum atomic E-state index is 10.5. The lowest BCUT2D eigenvalue weighted by molar-refractivity contribution is 0.291. The van der Waals surface area contributed by atoms with Crippen LogP contribution in [0.3, 0.4) is 0 Å². The van der Waals surface area contributed by atoms with Crippen LogP contribution in [0.5, 0.6) is 5.88 Å². The summed E-state index contributed by atoms with van der Waals surface area (Å²) in [6.07, 6.45) is 5.83. The van der Waals surface area contributed by atoms with E-state index in [9.17, 15) is 8.42 Å². The van der Waals surface area contributed by atoms with Gasteiger partial charge in [-0.25, -0.2) is 4.98 Å². The second-order valence-electron chi connectivity index (χ2n) is 4.70. The van der Waals surface area contributed by atoms with E-state index in [-0.39, 0.29) is 0 Å². The lowest BCUT2D eigenvalue weighted by Crippen LogP contribution is -2.19. The SMILES string of the molecule is O=S(=O)(O)SCCNCCCCCCOc1ncc(Br)cc1Br. The Morgan fingerprint density at radius 1 is 1.22 bits per heavy atom. The Morgan fingerprint density at radius 3 is 2.65 bits per heavy atom. The summed E-state index contributed by atoms with van der Waals surface area (Å²) in [5.41, 5.74) is 0. The summed E-state index contributed by atoms with van der Waals surface area (Å²) in [5.74, 6) is 0.952. The predicted molar refractivity (Wildman–Crippen MR) is 100 cm³/mol. The van der Waals surface area contributed by atoms with Gasteiger partial charge in [-0.3, -0.25) is 4.55 Å². The molecule has 10 heteroatoms. The van der Waals surface area contributed by atoms with E-state index in [4.69, 9.17) is 9.29 Å². The highest BCUT2D eigenvalue weighted by molar-refractivity contribution is 9.11. The van der Waals surface area contributed by atoms with Crippen molar-refractivity contribution in [3.8, 4) is 5.88 Å². The first-order valence-electron chi connectivity index (χ1n) is 7.15. The molecule has 2 N–H and O–H groups in total. The number of ether oxygens (including phenoxy) is 1. The number of aromatic nitrogens is 1. The van der Waals surface area contributed by atoms with Crippen LogP contribution in [0.15, 0.2) is 21.2 Å². The molecule has 23 heavy (non-hydrogen) atoms. The van der Waals surface area contributed by atoms with Crippen molar-refractivity contribution < 1.29 is 17.7 Å². The van der Waals surface area contributed by atoms with E-state index >= 15 is 0 Å². The monoisotopic (exact) mass is 490 g/mol. The van der Waals surface area contributed by atoms with E-state index in [2.05, 4.69) is 42.2 Å². The van der Waals surface area contributed by atoms with Crippen molar-refractivity contribution in [3.05, 3.63) is 21.2 Å². The third-order valence-corrected chi connectivity index (χ3v) is 5.84. The number of nitrogens with one attached hydrogen (secondary N) is 1. The molecule has 0 amide bonds. The van der Waals surface area contributed by atoms with Crippen LogP contribution >= 0.6 is 42.7 Å². The Bertz CT molecular complexity index is 573. The smallest absolute Gasteiger partial charge is 0.319 e. The van der Waals surface area contributed by atoms with Gasteiger partial charge in [0.25, 0.3) is 0 Å². The van der Waals surface area contributed by atoms with Crippen molar-refractivity contribution >= 4 is 51.8 Å². The molecule has 0 atom stereocenters. The number of rotatable bonds is 12. The standard InChI is InChI=1S/C13H20Br2N2O4S2/c14-11-9-12(15)13(17-10-11)21-7-4-2-1-3-5-16-6-8-22-23(18,19)20/h9-10,16H,1-8H2,(H,18,19,20). The Hall–Kier alpha value is 0.130. The lowest BCUT2D eigenvalue weighted by atomic mass is 10.2. The van der Waals surface area contributed by atoms with Crippen LogP contribution in [0, 0.1) is 0 Å². The van der Waals surface area contributed by atoms with Gasteiger partial charge in [0.1, 0.15) is 0 Å². The Kier molecular flexibility index (Phi) is 10.7. The van der Waals surface area contributed by atoms with Crippen LogP contribution in [0.2, 0.25) is 0 Å². The van der Waals surface area contributed by atoms with Gasteiger partial charge in [-0.1, -0.05) is 12.8 Å². The average Bonchev–Trinajstić information content (AvgIpc) is 2.45. The van der Waals surface area contributed by atoms with Gasteiger partial charge in [0.05, 0.1) is 11.1 Å². The first-order chi connectivity index (χ1) is 10.9. The number of unbranched alkanes of at least 4 members (excludes halogenated alkanes) is 3. The third-order valence-electron chi connectivity index (χ3n) is 2.77. The molecule has 0 aliphatic heterocycles. The van der Waals surface area contributed by atoms with Gasteiger partial charge in [-0.05, 0) is 68.1 Å². The maximum absolute atomic E-state index is 10.5. The van der Waals surface area contributed by atoms with E-state index in [1.807, 2.05) is 6.07 Å². The average molecular weight is 492 g/mol. The molecule has 1 heterocycles. The van der Waals surface area contributed by atoms with Gasteiger partial charge in [0, 0.05) is 23.0 Å². The quantitative estimate of drug-likeness (QED) is 0.262. The first kappa shape index (κ1) is 21.2.